The molecule has 0 unspecified atom stereocenters. The Morgan fingerprint density at radius 3 is 2.19 bits per heavy atom. The van der Waals surface area contributed by atoms with E-state index in [-0.39, 0.29) is 5.91 Å². The van der Waals surface area contributed by atoms with Crippen LogP contribution in [0.2, 0.25) is 0 Å². The molecule has 3 nitrogen and oxygen atoms in total. The van der Waals surface area contributed by atoms with E-state index in [0.717, 1.165) is 23.4 Å². The lowest BCUT2D eigenvalue weighted by Crippen LogP contribution is -2.48. The number of hydrogen-bond acceptors (Lipinski definition) is 2. The van der Waals surface area contributed by atoms with Crippen LogP contribution < -0.4 is 5.32 Å². The molecule has 1 amide bonds. The minimum atomic E-state index is -0.172. The number of nitrogens with one attached hydrogen (secondary N) is 1. The highest BCUT2D eigenvalue weighted by Gasteiger charge is 2.51. The van der Waals surface area contributed by atoms with Crippen molar-refractivity contribution in [2.45, 2.75) is 43.9 Å². The largest absolute Gasteiger partial charge is 0.322 e. The predicted octanol–water partition coefficient (Wildman–Crippen LogP) is 5.28. The molecule has 4 aliphatic carbocycles. The average molecular weight is 356 g/mol. The second-order valence-electron chi connectivity index (χ2n) is 8.92. The number of carbonyl (C=O) groups excluding carboxylic acids is 1. The number of amides is 1. The zero-order chi connectivity index (χ0) is 18.4. The number of benzene rings is 2. The van der Waals surface area contributed by atoms with Gasteiger partial charge in [-0.3, -0.25) is 4.79 Å². The van der Waals surface area contributed by atoms with Gasteiger partial charge in [0.05, 0.1) is 11.6 Å². The molecular formula is C24H24N2O. The molecule has 0 saturated heterocycles. The summed E-state index contributed by atoms with van der Waals surface area (Å²) in [7, 11) is 0. The van der Waals surface area contributed by atoms with Crippen LogP contribution in [0.25, 0.3) is 0 Å². The summed E-state index contributed by atoms with van der Waals surface area (Å²) >= 11 is 0. The lowest BCUT2D eigenvalue weighted by Gasteiger charge is -2.57. The van der Waals surface area contributed by atoms with Gasteiger partial charge in [-0.25, -0.2) is 0 Å². The van der Waals surface area contributed by atoms with Crippen LogP contribution in [0.5, 0.6) is 0 Å². The zero-order valence-electron chi connectivity index (χ0n) is 15.4. The Labute approximate surface area is 160 Å². The third kappa shape index (κ3) is 2.94. The number of nitrogens with zero attached hydrogens (tertiary/aromatic N) is 1. The van der Waals surface area contributed by atoms with E-state index < -0.39 is 0 Å². The fourth-order valence-electron chi connectivity index (χ4n) is 6.30. The summed E-state index contributed by atoms with van der Waals surface area (Å²) in [6.45, 7) is 0. The number of rotatable bonds is 3. The maximum atomic E-state index is 12.5. The molecule has 2 aromatic carbocycles. The van der Waals surface area contributed by atoms with Crippen LogP contribution in [0.1, 0.15) is 60.0 Å². The molecule has 0 aliphatic heterocycles. The first-order valence-corrected chi connectivity index (χ1v) is 10.1. The van der Waals surface area contributed by atoms with Crippen molar-refractivity contribution in [1.82, 2.24) is 0 Å². The van der Waals surface area contributed by atoms with Gasteiger partial charge < -0.3 is 5.32 Å². The molecule has 1 N–H and O–H groups in total. The SMILES string of the molecule is N#Cc1cccc(C(=O)Nc2ccc(C34CC5CC(CC(C5)C3)C4)cc2)c1. The topological polar surface area (TPSA) is 52.9 Å². The molecule has 136 valence electrons. The van der Waals surface area contributed by atoms with E-state index in [1.165, 1.54) is 44.1 Å². The molecule has 0 aromatic heterocycles. The molecule has 3 heteroatoms. The fourth-order valence-corrected chi connectivity index (χ4v) is 6.30. The summed E-state index contributed by atoms with van der Waals surface area (Å²) in [5.74, 6) is 2.63. The molecule has 0 radical (unpaired) electrons. The van der Waals surface area contributed by atoms with Gasteiger partial charge in [-0.2, -0.15) is 5.26 Å². The maximum absolute atomic E-state index is 12.5. The van der Waals surface area contributed by atoms with E-state index in [9.17, 15) is 4.79 Å². The molecule has 2 aromatic rings. The summed E-state index contributed by atoms with van der Waals surface area (Å²) < 4.78 is 0. The lowest BCUT2D eigenvalue weighted by atomic mass is 9.48. The average Bonchev–Trinajstić information content (AvgIpc) is 2.67. The molecule has 4 fully saturated rings. The van der Waals surface area contributed by atoms with E-state index in [0.29, 0.717) is 16.5 Å². The predicted molar refractivity (Wildman–Crippen MR) is 105 cm³/mol. The summed E-state index contributed by atoms with van der Waals surface area (Å²) in [6.07, 6.45) is 8.42. The third-order valence-corrected chi connectivity index (χ3v) is 7.05. The summed E-state index contributed by atoms with van der Waals surface area (Å²) in [5, 5.41) is 12.0. The molecule has 4 bridgehead atoms. The van der Waals surface area contributed by atoms with Crippen LogP contribution in [0, 0.1) is 29.1 Å². The molecule has 0 atom stereocenters. The molecule has 27 heavy (non-hydrogen) atoms. The minimum Gasteiger partial charge on any atom is -0.322 e. The number of anilines is 1. The first-order chi connectivity index (χ1) is 13.1. The molecule has 6 rings (SSSR count). The van der Waals surface area contributed by atoms with Gasteiger partial charge in [0.1, 0.15) is 0 Å². The van der Waals surface area contributed by atoms with E-state index >= 15 is 0 Å². The quantitative estimate of drug-likeness (QED) is 0.813. The third-order valence-electron chi connectivity index (χ3n) is 7.05. The fraction of sp³-hybridized carbons (Fsp3) is 0.417. The van der Waals surface area contributed by atoms with Gasteiger partial charge >= 0.3 is 0 Å². The Hall–Kier alpha value is -2.60. The van der Waals surface area contributed by atoms with Crippen LogP contribution in [-0.4, -0.2) is 5.91 Å². The molecule has 4 saturated carbocycles. The van der Waals surface area contributed by atoms with Crippen molar-refractivity contribution in [3.63, 3.8) is 0 Å². The summed E-state index contributed by atoms with van der Waals surface area (Å²) in [6, 6.07) is 17.4. The van der Waals surface area contributed by atoms with Crippen molar-refractivity contribution >= 4 is 11.6 Å². The van der Waals surface area contributed by atoms with Crippen molar-refractivity contribution in [2.24, 2.45) is 17.8 Å². The Morgan fingerprint density at radius 2 is 1.59 bits per heavy atom. The summed E-state index contributed by atoms with van der Waals surface area (Å²) in [5.41, 5.74) is 3.68. The van der Waals surface area contributed by atoms with E-state index in [2.05, 4.69) is 23.5 Å². The van der Waals surface area contributed by atoms with E-state index in [1.54, 1.807) is 24.3 Å². The number of hydrogen-bond donors (Lipinski definition) is 1. The van der Waals surface area contributed by atoms with Gasteiger partial charge in [0.15, 0.2) is 0 Å². The molecule has 0 spiro atoms. The standard InChI is InChI=1S/C24H24N2O/c25-15-16-2-1-3-20(11-16)23(27)26-22-6-4-21(5-7-22)24-12-17-8-18(13-24)10-19(9-17)14-24/h1-7,11,17-19H,8-10,12-14H2,(H,26,27). The summed E-state index contributed by atoms with van der Waals surface area (Å²) in [4.78, 5) is 12.5. The molecule has 4 aliphatic rings. The molecule has 0 heterocycles. The van der Waals surface area contributed by atoms with Gasteiger partial charge in [0, 0.05) is 11.3 Å². The Kier molecular flexibility index (Phi) is 3.82. The van der Waals surface area contributed by atoms with Crippen LogP contribution in [0.4, 0.5) is 5.69 Å². The Balaban J connectivity index is 1.34. The number of nitriles is 1. The zero-order valence-corrected chi connectivity index (χ0v) is 15.4. The highest BCUT2D eigenvalue weighted by molar-refractivity contribution is 6.04. The van der Waals surface area contributed by atoms with Gasteiger partial charge in [0.2, 0.25) is 0 Å². The van der Waals surface area contributed by atoms with E-state index in [4.69, 9.17) is 5.26 Å². The highest BCUT2D eigenvalue weighted by atomic mass is 16.1. The first kappa shape index (κ1) is 16.6. The second kappa shape index (κ2) is 6.23. The normalized spacial score (nSPS) is 30.7. The van der Waals surface area contributed by atoms with Gasteiger partial charge in [-0.05, 0) is 97.6 Å². The van der Waals surface area contributed by atoms with Crippen molar-refractivity contribution in [3.8, 4) is 6.07 Å². The maximum Gasteiger partial charge on any atom is 0.255 e. The van der Waals surface area contributed by atoms with Gasteiger partial charge in [-0.1, -0.05) is 18.2 Å². The monoisotopic (exact) mass is 356 g/mol. The minimum absolute atomic E-state index is 0.172. The smallest absolute Gasteiger partial charge is 0.255 e. The van der Waals surface area contributed by atoms with Crippen LogP contribution in [0.15, 0.2) is 48.5 Å². The lowest BCUT2D eigenvalue weighted by molar-refractivity contribution is -0.00518. The van der Waals surface area contributed by atoms with Crippen molar-refractivity contribution in [1.29, 1.82) is 5.26 Å². The van der Waals surface area contributed by atoms with E-state index in [1.807, 2.05) is 12.1 Å². The van der Waals surface area contributed by atoms with Crippen LogP contribution in [-0.2, 0) is 5.41 Å². The van der Waals surface area contributed by atoms with Crippen molar-refractivity contribution < 1.29 is 4.79 Å². The Morgan fingerprint density at radius 1 is 0.963 bits per heavy atom. The van der Waals surface area contributed by atoms with Gasteiger partial charge in [-0.15, -0.1) is 0 Å². The number of carbonyl (C=O) groups is 1. The van der Waals surface area contributed by atoms with Crippen LogP contribution in [0.3, 0.4) is 0 Å². The Bertz CT molecular complexity index is 887. The first-order valence-electron chi connectivity index (χ1n) is 10.1. The molecular weight excluding hydrogens is 332 g/mol. The highest BCUT2D eigenvalue weighted by Crippen LogP contribution is 2.60. The van der Waals surface area contributed by atoms with Crippen LogP contribution >= 0.6 is 0 Å². The second-order valence-corrected chi connectivity index (χ2v) is 8.92. The van der Waals surface area contributed by atoms with Crippen molar-refractivity contribution in [2.75, 3.05) is 5.32 Å². The van der Waals surface area contributed by atoms with Crippen molar-refractivity contribution in [3.05, 3.63) is 65.2 Å². The van der Waals surface area contributed by atoms with Gasteiger partial charge in [0.25, 0.3) is 5.91 Å².